The molecule has 6 nitrogen and oxygen atoms in total. The average Bonchev–Trinajstić information content (AvgIpc) is 2.19. The molecule has 0 aliphatic heterocycles. The SMILES string of the molecule is O=C(O)Cc1c(F)cnc(C(F)F)c1[N+](=O)[O-]. The maximum atomic E-state index is 13.1. The Kier molecular flexibility index (Phi) is 3.61. The second-order valence-electron chi connectivity index (χ2n) is 2.95. The molecular weight excluding hydrogens is 245 g/mol. The van der Waals surface area contributed by atoms with Crippen molar-refractivity contribution in [1.82, 2.24) is 4.98 Å². The van der Waals surface area contributed by atoms with Crippen LogP contribution in [-0.2, 0) is 11.2 Å². The molecule has 0 aliphatic rings. The molecule has 0 radical (unpaired) electrons. The normalized spacial score (nSPS) is 10.6. The van der Waals surface area contributed by atoms with Crippen LogP contribution in [0.4, 0.5) is 18.9 Å². The molecule has 0 saturated carbocycles. The van der Waals surface area contributed by atoms with Crippen molar-refractivity contribution in [2.24, 2.45) is 0 Å². The number of aliphatic carboxylic acids is 1. The van der Waals surface area contributed by atoms with Gasteiger partial charge in [-0.25, -0.2) is 18.2 Å². The summed E-state index contributed by atoms with van der Waals surface area (Å²) >= 11 is 0. The fraction of sp³-hybridized carbons (Fsp3) is 0.250. The molecule has 9 heteroatoms. The third kappa shape index (κ3) is 2.68. The smallest absolute Gasteiger partial charge is 0.308 e. The van der Waals surface area contributed by atoms with Gasteiger partial charge in [0.05, 0.1) is 23.1 Å². The quantitative estimate of drug-likeness (QED) is 0.648. The van der Waals surface area contributed by atoms with Crippen molar-refractivity contribution in [3.05, 3.63) is 33.4 Å². The van der Waals surface area contributed by atoms with E-state index < -0.39 is 46.5 Å². The maximum Gasteiger partial charge on any atom is 0.308 e. The molecule has 0 aromatic carbocycles. The monoisotopic (exact) mass is 250 g/mol. The fourth-order valence-electron chi connectivity index (χ4n) is 1.22. The maximum absolute atomic E-state index is 13.1. The lowest BCUT2D eigenvalue weighted by molar-refractivity contribution is -0.387. The highest BCUT2D eigenvalue weighted by Gasteiger charge is 2.30. The molecule has 0 saturated heterocycles. The first-order chi connectivity index (χ1) is 7.84. The van der Waals surface area contributed by atoms with E-state index in [1.54, 1.807) is 0 Å². The minimum atomic E-state index is -3.29. The van der Waals surface area contributed by atoms with E-state index in [9.17, 15) is 28.1 Å². The van der Waals surface area contributed by atoms with E-state index in [1.165, 1.54) is 0 Å². The summed E-state index contributed by atoms with van der Waals surface area (Å²) in [5, 5.41) is 19.0. The number of aromatic nitrogens is 1. The van der Waals surface area contributed by atoms with Crippen LogP contribution in [0.25, 0.3) is 0 Å². The molecule has 92 valence electrons. The number of carboxylic acid groups (broad SMARTS) is 1. The van der Waals surface area contributed by atoms with Crippen LogP contribution in [0.1, 0.15) is 17.7 Å². The zero-order chi connectivity index (χ0) is 13.2. The highest BCUT2D eigenvalue weighted by molar-refractivity contribution is 5.72. The van der Waals surface area contributed by atoms with Gasteiger partial charge in [0.1, 0.15) is 0 Å². The summed E-state index contributed by atoms with van der Waals surface area (Å²) in [6.07, 6.45) is -4.01. The Hall–Kier alpha value is -2.19. The summed E-state index contributed by atoms with van der Waals surface area (Å²) in [4.78, 5) is 22.6. The number of alkyl halides is 2. The first-order valence-corrected chi connectivity index (χ1v) is 4.16. The number of hydrogen-bond donors (Lipinski definition) is 1. The predicted molar refractivity (Wildman–Crippen MR) is 47.1 cm³/mol. The van der Waals surface area contributed by atoms with Crippen LogP contribution < -0.4 is 0 Å². The molecule has 17 heavy (non-hydrogen) atoms. The van der Waals surface area contributed by atoms with Crippen molar-refractivity contribution in [2.45, 2.75) is 12.8 Å². The Labute approximate surface area is 91.9 Å². The lowest BCUT2D eigenvalue weighted by atomic mass is 10.1. The van der Waals surface area contributed by atoms with Gasteiger partial charge < -0.3 is 5.11 Å². The third-order valence-corrected chi connectivity index (χ3v) is 1.85. The highest BCUT2D eigenvalue weighted by Crippen LogP contribution is 2.31. The number of carbonyl (C=O) groups is 1. The van der Waals surface area contributed by atoms with Gasteiger partial charge in [-0.1, -0.05) is 0 Å². The molecule has 0 bridgehead atoms. The molecule has 1 rings (SSSR count). The van der Waals surface area contributed by atoms with E-state index in [0.717, 1.165) is 0 Å². The van der Waals surface area contributed by atoms with Gasteiger partial charge in [0.25, 0.3) is 6.43 Å². The van der Waals surface area contributed by atoms with E-state index >= 15 is 0 Å². The standard InChI is InChI=1S/C8H5F3N2O4/c9-4-2-12-6(8(10)11)7(13(16)17)3(4)1-5(14)15/h2,8H,1H2,(H,14,15). The van der Waals surface area contributed by atoms with Gasteiger partial charge in [-0.2, -0.15) is 0 Å². The van der Waals surface area contributed by atoms with Crippen molar-refractivity contribution in [1.29, 1.82) is 0 Å². The molecule has 1 heterocycles. The number of rotatable bonds is 4. The molecule has 0 spiro atoms. The second kappa shape index (κ2) is 4.76. The largest absolute Gasteiger partial charge is 0.481 e. The van der Waals surface area contributed by atoms with E-state index in [2.05, 4.69) is 4.98 Å². The number of pyridine rings is 1. The Morgan fingerprint density at radius 1 is 1.59 bits per heavy atom. The Balaban J connectivity index is 3.48. The van der Waals surface area contributed by atoms with Crippen LogP contribution in [-0.4, -0.2) is 21.0 Å². The van der Waals surface area contributed by atoms with Crippen molar-refractivity contribution >= 4 is 11.7 Å². The van der Waals surface area contributed by atoms with Gasteiger partial charge in [0, 0.05) is 0 Å². The zero-order valence-electron chi connectivity index (χ0n) is 8.06. The van der Waals surface area contributed by atoms with E-state index in [1.807, 2.05) is 0 Å². The van der Waals surface area contributed by atoms with Gasteiger partial charge in [0.15, 0.2) is 11.5 Å². The molecule has 1 aromatic rings. The zero-order valence-corrected chi connectivity index (χ0v) is 8.06. The first kappa shape index (κ1) is 12.9. The lowest BCUT2D eigenvalue weighted by Crippen LogP contribution is -2.10. The third-order valence-electron chi connectivity index (χ3n) is 1.85. The highest BCUT2D eigenvalue weighted by atomic mass is 19.3. The predicted octanol–water partition coefficient (Wildman–Crippen LogP) is 1.69. The summed E-state index contributed by atoms with van der Waals surface area (Å²) in [5.41, 5.74) is -3.44. The molecular formula is C8H5F3N2O4. The van der Waals surface area contributed by atoms with Crippen molar-refractivity contribution in [2.75, 3.05) is 0 Å². The Morgan fingerprint density at radius 3 is 2.59 bits per heavy atom. The minimum Gasteiger partial charge on any atom is -0.481 e. The first-order valence-electron chi connectivity index (χ1n) is 4.16. The fourth-order valence-corrected chi connectivity index (χ4v) is 1.22. The van der Waals surface area contributed by atoms with E-state index in [4.69, 9.17) is 5.11 Å². The second-order valence-corrected chi connectivity index (χ2v) is 2.95. The lowest BCUT2D eigenvalue weighted by Gasteiger charge is -2.05. The van der Waals surface area contributed by atoms with Crippen LogP contribution in [0, 0.1) is 15.9 Å². The Morgan fingerprint density at radius 2 is 2.18 bits per heavy atom. The van der Waals surface area contributed by atoms with Crippen LogP contribution in [0.2, 0.25) is 0 Å². The van der Waals surface area contributed by atoms with Crippen LogP contribution in [0.15, 0.2) is 6.20 Å². The molecule has 1 aromatic heterocycles. The summed E-state index contributed by atoms with van der Waals surface area (Å²) in [6.45, 7) is 0. The molecule has 1 N–H and O–H groups in total. The summed E-state index contributed by atoms with van der Waals surface area (Å²) < 4.78 is 37.9. The van der Waals surface area contributed by atoms with Crippen LogP contribution in [0.3, 0.4) is 0 Å². The number of hydrogen-bond acceptors (Lipinski definition) is 4. The summed E-state index contributed by atoms with van der Waals surface area (Å²) in [7, 11) is 0. The number of carboxylic acids is 1. The average molecular weight is 250 g/mol. The van der Waals surface area contributed by atoms with E-state index in [-0.39, 0.29) is 0 Å². The molecule has 0 unspecified atom stereocenters. The topological polar surface area (TPSA) is 93.3 Å². The van der Waals surface area contributed by atoms with Gasteiger partial charge >= 0.3 is 11.7 Å². The van der Waals surface area contributed by atoms with Gasteiger partial charge in [0.2, 0.25) is 0 Å². The molecule has 0 fully saturated rings. The number of halogens is 3. The summed E-state index contributed by atoms with van der Waals surface area (Å²) in [5.74, 6) is -2.87. The molecule has 0 amide bonds. The van der Waals surface area contributed by atoms with Gasteiger partial charge in [-0.3, -0.25) is 14.9 Å². The van der Waals surface area contributed by atoms with Crippen molar-refractivity contribution < 1.29 is 28.0 Å². The molecule has 0 atom stereocenters. The minimum absolute atomic E-state index is 0.340. The summed E-state index contributed by atoms with van der Waals surface area (Å²) in [6, 6.07) is 0. The van der Waals surface area contributed by atoms with Crippen LogP contribution >= 0.6 is 0 Å². The number of nitrogens with zero attached hydrogens (tertiary/aromatic N) is 2. The van der Waals surface area contributed by atoms with Crippen molar-refractivity contribution in [3.63, 3.8) is 0 Å². The van der Waals surface area contributed by atoms with Gasteiger partial charge in [-0.15, -0.1) is 0 Å². The number of nitro groups is 1. The van der Waals surface area contributed by atoms with Crippen LogP contribution in [0.5, 0.6) is 0 Å². The van der Waals surface area contributed by atoms with Crippen molar-refractivity contribution in [3.8, 4) is 0 Å². The molecule has 0 aliphatic carbocycles. The van der Waals surface area contributed by atoms with E-state index in [0.29, 0.717) is 6.20 Å². The van der Waals surface area contributed by atoms with Gasteiger partial charge in [-0.05, 0) is 0 Å². The Bertz CT molecular complexity index is 478.